The first-order valence-corrected chi connectivity index (χ1v) is 4.91. The summed E-state index contributed by atoms with van der Waals surface area (Å²) in [5, 5.41) is 0.180. The van der Waals surface area contributed by atoms with Crippen LogP contribution in [0.5, 0.6) is 0 Å². The molecule has 3 nitrogen and oxygen atoms in total. The highest BCUT2D eigenvalue weighted by atomic mass is 35.5. The predicted molar refractivity (Wildman–Crippen MR) is 54.1 cm³/mol. The quantitative estimate of drug-likeness (QED) is 0.783. The maximum atomic E-state index is 6.07. The van der Waals surface area contributed by atoms with Crippen molar-refractivity contribution in [1.29, 1.82) is 0 Å². The summed E-state index contributed by atoms with van der Waals surface area (Å²) in [6.07, 6.45) is 2.09. The van der Waals surface area contributed by atoms with E-state index in [1.807, 2.05) is 18.2 Å². The minimum absolute atomic E-state index is 0.125. The lowest BCUT2D eigenvalue weighted by Crippen LogP contribution is -2.18. The van der Waals surface area contributed by atoms with Crippen molar-refractivity contribution in [3.05, 3.63) is 29.1 Å². The van der Waals surface area contributed by atoms with E-state index in [4.69, 9.17) is 21.8 Å². The number of fused-ring (bicyclic) bond motifs is 1. The lowest BCUT2D eigenvalue weighted by atomic mass is 10.1. The minimum Gasteiger partial charge on any atom is -0.428 e. The van der Waals surface area contributed by atoms with Gasteiger partial charge < -0.3 is 10.2 Å². The van der Waals surface area contributed by atoms with Crippen molar-refractivity contribution in [3.8, 4) is 0 Å². The Hall–Kier alpha value is -1.06. The molecule has 0 bridgehead atoms. The van der Waals surface area contributed by atoms with Gasteiger partial charge in [-0.25, -0.2) is 0 Å². The highest BCUT2D eigenvalue weighted by Crippen LogP contribution is 2.43. The van der Waals surface area contributed by atoms with Gasteiger partial charge in [-0.1, -0.05) is 6.07 Å². The Morgan fingerprint density at radius 3 is 2.93 bits per heavy atom. The van der Waals surface area contributed by atoms with Gasteiger partial charge in [-0.2, -0.15) is 4.98 Å². The molecule has 1 aliphatic carbocycles. The lowest BCUT2D eigenvalue weighted by Gasteiger charge is -2.07. The van der Waals surface area contributed by atoms with Crippen LogP contribution in [0.25, 0.3) is 11.1 Å². The highest BCUT2D eigenvalue weighted by molar-refractivity contribution is 6.28. The Labute approximate surface area is 85.9 Å². The molecule has 2 N–H and O–H groups in total. The molecule has 0 amide bonds. The van der Waals surface area contributed by atoms with E-state index in [2.05, 4.69) is 4.98 Å². The van der Waals surface area contributed by atoms with Gasteiger partial charge in [-0.3, -0.25) is 0 Å². The molecule has 0 saturated heterocycles. The molecule has 0 aliphatic heterocycles. The zero-order valence-electron chi connectivity index (χ0n) is 7.46. The molecule has 1 saturated carbocycles. The van der Waals surface area contributed by atoms with E-state index in [1.165, 1.54) is 0 Å². The Bertz CT molecular complexity index is 502. The molecule has 3 rings (SSSR count). The van der Waals surface area contributed by atoms with E-state index in [0.717, 1.165) is 23.9 Å². The first-order chi connectivity index (χ1) is 6.67. The summed E-state index contributed by atoms with van der Waals surface area (Å²) in [6.45, 7) is 0. The van der Waals surface area contributed by atoms with Crippen molar-refractivity contribution in [2.45, 2.75) is 18.4 Å². The Morgan fingerprint density at radius 2 is 2.21 bits per heavy atom. The zero-order valence-corrected chi connectivity index (χ0v) is 8.21. The first kappa shape index (κ1) is 8.26. The summed E-state index contributed by atoms with van der Waals surface area (Å²) in [6, 6.07) is 5.81. The number of nitrogens with zero attached hydrogens (tertiary/aromatic N) is 1. The summed E-state index contributed by atoms with van der Waals surface area (Å²) >= 11 is 5.66. The normalized spacial score (nSPS) is 18.7. The van der Waals surface area contributed by atoms with Gasteiger partial charge in [0.15, 0.2) is 5.58 Å². The van der Waals surface area contributed by atoms with Crippen LogP contribution in [0.15, 0.2) is 22.6 Å². The molecule has 4 heteroatoms. The van der Waals surface area contributed by atoms with E-state index in [1.54, 1.807) is 0 Å². The van der Waals surface area contributed by atoms with Crippen LogP contribution in [-0.4, -0.2) is 4.98 Å². The Kier molecular flexibility index (Phi) is 1.47. The molecule has 0 spiro atoms. The third kappa shape index (κ3) is 1.13. The first-order valence-electron chi connectivity index (χ1n) is 4.53. The molecule has 0 radical (unpaired) electrons. The van der Waals surface area contributed by atoms with Crippen LogP contribution in [0.1, 0.15) is 18.4 Å². The summed E-state index contributed by atoms with van der Waals surface area (Å²) in [5.41, 5.74) is 8.56. The van der Waals surface area contributed by atoms with Gasteiger partial charge in [-0.15, -0.1) is 0 Å². The van der Waals surface area contributed by atoms with E-state index in [0.29, 0.717) is 5.58 Å². The zero-order chi connectivity index (χ0) is 9.76. The second-order valence-electron chi connectivity index (χ2n) is 3.81. The fourth-order valence-electron chi connectivity index (χ4n) is 1.63. The summed E-state index contributed by atoms with van der Waals surface area (Å²) < 4.78 is 5.17. The molecule has 72 valence electrons. The van der Waals surface area contributed by atoms with E-state index in [9.17, 15) is 0 Å². The van der Waals surface area contributed by atoms with Crippen LogP contribution in [0.2, 0.25) is 5.35 Å². The highest BCUT2D eigenvalue weighted by Gasteiger charge is 2.40. The van der Waals surface area contributed by atoms with Crippen molar-refractivity contribution < 1.29 is 4.42 Å². The molecule has 0 atom stereocenters. The van der Waals surface area contributed by atoms with Gasteiger partial charge >= 0.3 is 0 Å². The lowest BCUT2D eigenvalue weighted by molar-refractivity contribution is 0.604. The fourth-order valence-corrected chi connectivity index (χ4v) is 1.81. The van der Waals surface area contributed by atoms with Crippen LogP contribution < -0.4 is 5.73 Å². The molecule has 14 heavy (non-hydrogen) atoms. The third-order valence-corrected chi connectivity index (χ3v) is 2.89. The Balaban J connectivity index is 2.19. The SMILES string of the molecule is NC1(c2ccc3oc(Cl)nc3c2)CC1. The van der Waals surface area contributed by atoms with Gasteiger partial charge in [0.1, 0.15) is 5.52 Å². The van der Waals surface area contributed by atoms with Crippen LogP contribution in [0, 0.1) is 0 Å². The molecular formula is C10H9ClN2O. The van der Waals surface area contributed by atoms with Crippen LogP contribution in [-0.2, 0) is 5.54 Å². The molecule has 2 aromatic rings. The number of oxazole rings is 1. The topological polar surface area (TPSA) is 52.0 Å². The average Bonchev–Trinajstić information content (AvgIpc) is 2.79. The largest absolute Gasteiger partial charge is 0.428 e. The average molecular weight is 209 g/mol. The predicted octanol–water partition coefficient (Wildman–Crippen LogP) is 2.43. The minimum atomic E-state index is -0.125. The molecule has 1 heterocycles. The molecular weight excluding hydrogens is 200 g/mol. The van der Waals surface area contributed by atoms with Crippen molar-refractivity contribution in [3.63, 3.8) is 0 Å². The molecule has 0 unspecified atom stereocenters. The van der Waals surface area contributed by atoms with E-state index >= 15 is 0 Å². The molecule has 1 aliphatic rings. The van der Waals surface area contributed by atoms with Gasteiger partial charge in [0.25, 0.3) is 5.35 Å². The van der Waals surface area contributed by atoms with Crippen LogP contribution in [0.4, 0.5) is 0 Å². The van der Waals surface area contributed by atoms with Gasteiger partial charge in [-0.05, 0) is 42.1 Å². The second kappa shape index (κ2) is 2.49. The maximum absolute atomic E-state index is 6.07. The van der Waals surface area contributed by atoms with Crippen LogP contribution in [0.3, 0.4) is 0 Å². The van der Waals surface area contributed by atoms with Gasteiger partial charge in [0.2, 0.25) is 0 Å². The Morgan fingerprint density at radius 1 is 1.43 bits per heavy atom. The number of rotatable bonds is 1. The number of benzene rings is 1. The van der Waals surface area contributed by atoms with Gasteiger partial charge in [0.05, 0.1) is 0 Å². The molecule has 1 fully saturated rings. The van der Waals surface area contributed by atoms with Crippen molar-refractivity contribution >= 4 is 22.7 Å². The number of hydrogen-bond acceptors (Lipinski definition) is 3. The third-order valence-electron chi connectivity index (χ3n) is 2.73. The molecule has 1 aromatic carbocycles. The summed E-state index contributed by atoms with van der Waals surface area (Å²) in [4.78, 5) is 4.06. The van der Waals surface area contributed by atoms with Crippen molar-refractivity contribution in [2.75, 3.05) is 0 Å². The number of hydrogen-bond donors (Lipinski definition) is 1. The van der Waals surface area contributed by atoms with E-state index < -0.39 is 0 Å². The number of aromatic nitrogens is 1. The van der Waals surface area contributed by atoms with Crippen molar-refractivity contribution in [2.24, 2.45) is 5.73 Å². The fraction of sp³-hybridized carbons (Fsp3) is 0.300. The maximum Gasteiger partial charge on any atom is 0.293 e. The second-order valence-corrected chi connectivity index (χ2v) is 4.13. The number of halogens is 1. The smallest absolute Gasteiger partial charge is 0.293 e. The summed E-state index contributed by atoms with van der Waals surface area (Å²) in [5.74, 6) is 0. The summed E-state index contributed by atoms with van der Waals surface area (Å²) in [7, 11) is 0. The number of nitrogens with two attached hydrogens (primary N) is 1. The molecule has 1 aromatic heterocycles. The monoisotopic (exact) mass is 208 g/mol. The van der Waals surface area contributed by atoms with Crippen molar-refractivity contribution in [1.82, 2.24) is 4.98 Å². The van der Waals surface area contributed by atoms with Crippen LogP contribution >= 0.6 is 11.6 Å². The standard InChI is InChI=1S/C10H9ClN2O/c11-9-13-7-5-6(10(12)3-4-10)1-2-8(7)14-9/h1-2,5H,3-4,12H2. The van der Waals surface area contributed by atoms with Gasteiger partial charge in [0, 0.05) is 5.54 Å². The van der Waals surface area contributed by atoms with E-state index in [-0.39, 0.29) is 10.9 Å².